The molecule has 0 spiro atoms. The molecule has 1 unspecified atom stereocenters. The number of hydrogen-bond donors (Lipinski definition) is 1. The first kappa shape index (κ1) is 22.3. The maximum atomic E-state index is 12.6. The third-order valence-electron chi connectivity index (χ3n) is 6.17. The molecule has 1 aliphatic rings. The van der Waals surface area contributed by atoms with Crippen LogP contribution < -0.4 is 9.64 Å². The Morgan fingerprint density at radius 2 is 1.94 bits per heavy atom. The van der Waals surface area contributed by atoms with Gasteiger partial charge in [-0.1, -0.05) is 36.4 Å². The molecule has 174 valence electrons. The van der Waals surface area contributed by atoms with Gasteiger partial charge in [0.1, 0.15) is 23.5 Å². The SMILES string of the molecule is CN(CCOc1ccc(C2SCC(=O)N2CCc2c[nH]c3ccccc23)cc1)c1ccccn1. The number of rotatable bonds is 9. The second-order valence-electron chi connectivity index (χ2n) is 8.39. The van der Waals surface area contributed by atoms with Gasteiger partial charge in [0.2, 0.25) is 5.91 Å². The van der Waals surface area contributed by atoms with Crippen molar-refractivity contribution in [2.24, 2.45) is 0 Å². The lowest BCUT2D eigenvalue weighted by molar-refractivity contribution is -0.128. The molecule has 2 aromatic heterocycles. The van der Waals surface area contributed by atoms with Gasteiger partial charge in [0.25, 0.3) is 0 Å². The van der Waals surface area contributed by atoms with Gasteiger partial charge in [0.15, 0.2) is 0 Å². The molecule has 0 radical (unpaired) electrons. The van der Waals surface area contributed by atoms with E-state index in [1.54, 1.807) is 18.0 Å². The normalized spacial score (nSPS) is 15.7. The van der Waals surface area contributed by atoms with Crippen LogP contribution in [-0.4, -0.2) is 53.3 Å². The molecule has 7 heteroatoms. The van der Waals surface area contributed by atoms with Gasteiger partial charge >= 0.3 is 0 Å². The van der Waals surface area contributed by atoms with Crippen molar-refractivity contribution in [2.45, 2.75) is 11.8 Å². The molecule has 0 saturated carbocycles. The van der Waals surface area contributed by atoms with Gasteiger partial charge in [-0.2, -0.15) is 0 Å². The molecule has 1 aliphatic heterocycles. The maximum Gasteiger partial charge on any atom is 0.233 e. The van der Waals surface area contributed by atoms with Gasteiger partial charge in [0, 0.05) is 36.9 Å². The fraction of sp³-hybridized carbons (Fsp3) is 0.259. The predicted molar refractivity (Wildman–Crippen MR) is 138 cm³/mol. The zero-order chi connectivity index (χ0) is 23.3. The van der Waals surface area contributed by atoms with E-state index in [2.05, 4.69) is 51.4 Å². The van der Waals surface area contributed by atoms with Crippen molar-refractivity contribution in [1.29, 1.82) is 0 Å². The van der Waals surface area contributed by atoms with Crippen LogP contribution in [0.2, 0.25) is 0 Å². The van der Waals surface area contributed by atoms with Gasteiger partial charge < -0.3 is 19.5 Å². The summed E-state index contributed by atoms with van der Waals surface area (Å²) in [5.74, 6) is 2.49. The summed E-state index contributed by atoms with van der Waals surface area (Å²) in [5, 5.41) is 1.27. The number of H-pyrrole nitrogens is 1. The zero-order valence-corrected chi connectivity index (χ0v) is 20.0. The van der Waals surface area contributed by atoms with Gasteiger partial charge in [0.05, 0.1) is 12.3 Å². The van der Waals surface area contributed by atoms with Crippen LogP contribution in [-0.2, 0) is 11.2 Å². The van der Waals surface area contributed by atoms with Crippen LogP contribution in [0.25, 0.3) is 10.9 Å². The summed E-state index contributed by atoms with van der Waals surface area (Å²) in [5.41, 5.74) is 3.52. The molecule has 2 aromatic carbocycles. The Morgan fingerprint density at radius 3 is 2.76 bits per heavy atom. The molecule has 1 N–H and O–H groups in total. The van der Waals surface area contributed by atoms with Gasteiger partial charge in [-0.15, -0.1) is 11.8 Å². The van der Waals surface area contributed by atoms with Gasteiger partial charge in [-0.3, -0.25) is 4.79 Å². The van der Waals surface area contributed by atoms with E-state index in [-0.39, 0.29) is 11.3 Å². The van der Waals surface area contributed by atoms with Gasteiger partial charge in [-0.05, 0) is 47.9 Å². The highest BCUT2D eigenvalue weighted by molar-refractivity contribution is 8.00. The van der Waals surface area contributed by atoms with Crippen molar-refractivity contribution in [3.63, 3.8) is 0 Å². The fourth-order valence-electron chi connectivity index (χ4n) is 4.27. The lowest BCUT2D eigenvalue weighted by Crippen LogP contribution is -2.30. The summed E-state index contributed by atoms with van der Waals surface area (Å²) >= 11 is 1.69. The molecule has 6 nitrogen and oxygen atoms in total. The number of nitrogens with one attached hydrogen (secondary N) is 1. The van der Waals surface area contributed by atoms with Crippen LogP contribution in [0.4, 0.5) is 5.82 Å². The number of hydrogen-bond acceptors (Lipinski definition) is 5. The van der Waals surface area contributed by atoms with Gasteiger partial charge in [-0.25, -0.2) is 4.98 Å². The average Bonchev–Trinajstić information content (AvgIpc) is 3.46. The Labute approximate surface area is 203 Å². The standard InChI is InChI=1S/C27H28N4O2S/c1-30(25-8-4-5-14-28-25)16-17-33-22-11-9-20(10-12-22)27-31(26(32)19-34-27)15-13-21-18-29-24-7-3-2-6-23(21)24/h2-12,14,18,27,29H,13,15-17,19H2,1H3. The first-order valence-corrected chi connectivity index (χ1v) is 12.5. The van der Waals surface area contributed by atoms with E-state index < -0.39 is 0 Å². The monoisotopic (exact) mass is 472 g/mol. The molecule has 0 aliphatic carbocycles. The number of thioether (sulfide) groups is 1. The number of benzene rings is 2. The number of amides is 1. The van der Waals surface area contributed by atoms with Crippen molar-refractivity contribution in [1.82, 2.24) is 14.9 Å². The summed E-state index contributed by atoms with van der Waals surface area (Å²) in [7, 11) is 2.01. The second kappa shape index (κ2) is 10.2. The highest BCUT2D eigenvalue weighted by Gasteiger charge is 2.32. The Bertz CT molecular complexity index is 1240. The molecule has 1 saturated heterocycles. The lowest BCUT2D eigenvalue weighted by Gasteiger charge is -2.24. The van der Waals surface area contributed by atoms with Crippen molar-refractivity contribution in [2.75, 3.05) is 37.4 Å². The zero-order valence-electron chi connectivity index (χ0n) is 19.2. The van der Waals surface area contributed by atoms with Crippen LogP contribution in [0, 0.1) is 0 Å². The summed E-state index contributed by atoms with van der Waals surface area (Å²) in [6, 6.07) is 22.3. The minimum absolute atomic E-state index is 0.0436. The Hall–Kier alpha value is -3.45. The molecule has 0 bridgehead atoms. The third-order valence-corrected chi connectivity index (χ3v) is 7.42. The average molecular weight is 473 g/mol. The summed E-state index contributed by atoms with van der Waals surface area (Å²) in [6.45, 7) is 2.02. The smallest absolute Gasteiger partial charge is 0.233 e. The molecule has 4 aromatic rings. The fourth-order valence-corrected chi connectivity index (χ4v) is 5.49. The van der Waals surface area contributed by atoms with Crippen LogP contribution in [0.15, 0.2) is 79.1 Å². The predicted octanol–water partition coefficient (Wildman–Crippen LogP) is 4.89. The molecular weight excluding hydrogens is 444 g/mol. The lowest BCUT2D eigenvalue weighted by atomic mass is 10.1. The number of aromatic nitrogens is 2. The molecular formula is C27H28N4O2S. The van der Waals surface area contributed by atoms with E-state index >= 15 is 0 Å². The Kier molecular flexibility index (Phi) is 6.72. The molecule has 5 rings (SSSR count). The first-order valence-electron chi connectivity index (χ1n) is 11.5. The number of aromatic amines is 1. The van der Waals surface area contributed by atoms with Crippen molar-refractivity contribution >= 4 is 34.4 Å². The molecule has 1 fully saturated rings. The third kappa shape index (κ3) is 4.89. The highest BCUT2D eigenvalue weighted by atomic mass is 32.2. The van der Waals surface area contributed by atoms with Crippen molar-refractivity contribution < 1.29 is 9.53 Å². The van der Waals surface area contributed by atoms with Crippen LogP contribution in [0.5, 0.6) is 5.75 Å². The van der Waals surface area contributed by atoms with Crippen LogP contribution >= 0.6 is 11.8 Å². The number of para-hydroxylation sites is 1. The van der Waals surface area contributed by atoms with Crippen molar-refractivity contribution in [3.05, 3.63) is 90.3 Å². The van der Waals surface area contributed by atoms with Crippen LogP contribution in [0.3, 0.4) is 0 Å². The molecule has 3 heterocycles. The van der Waals surface area contributed by atoms with Crippen molar-refractivity contribution in [3.8, 4) is 5.75 Å². The topological polar surface area (TPSA) is 61.5 Å². The Balaban J connectivity index is 1.18. The summed E-state index contributed by atoms with van der Waals surface area (Å²) < 4.78 is 5.94. The minimum Gasteiger partial charge on any atom is -0.492 e. The number of pyridine rings is 1. The number of anilines is 1. The second-order valence-corrected chi connectivity index (χ2v) is 9.46. The maximum absolute atomic E-state index is 12.6. The minimum atomic E-state index is 0.0436. The molecule has 1 atom stereocenters. The van der Waals surface area contributed by atoms with E-state index in [0.717, 1.165) is 35.6 Å². The first-order chi connectivity index (χ1) is 16.7. The van der Waals surface area contributed by atoms with E-state index in [9.17, 15) is 4.79 Å². The number of fused-ring (bicyclic) bond motifs is 1. The molecule has 1 amide bonds. The number of carbonyl (C=O) groups is 1. The van der Waals surface area contributed by atoms with Crippen LogP contribution in [0.1, 0.15) is 16.5 Å². The molecule has 34 heavy (non-hydrogen) atoms. The highest BCUT2D eigenvalue weighted by Crippen LogP contribution is 2.39. The quantitative estimate of drug-likeness (QED) is 0.376. The number of likely N-dealkylation sites (N-methyl/N-ethyl adjacent to an activating group) is 1. The summed E-state index contributed by atoms with van der Waals surface area (Å²) in [4.78, 5) is 24.4. The van der Waals surface area contributed by atoms with E-state index in [1.165, 1.54) is 10.9 Å². The Morgan fingerprint density at radius 1 is 1.12 bits per heavy atom. The van der Waals surface area contributed by atoms with E-state index in [0.29, 0.717) is 18.9 Å². The van der Waals surface area contributed by atoms with E-state index in [4.69, 9.17) is 4.74 Å². The number of nitrogens with zero attached hydrogens (tertiary/aromatic N) is 3. The number of carbonyl (C=O) groups excluding carboxylic acids is 1. The summed E-state index contributed by atoms with van der Waals surface area (Å²) in [6.07, 6.45) is 4.68. The number of ether oxygens (including phenoxy) is 1. The largest absolute Gasteiger partial charge is 0.492 e. The van der Waals surface area contributed by atoms with E-state index in [1.807, 2.05) is 48.3 Å².